The van der Waals surface area contributed by atoms with Crippen molar-refractivity contribution in [2.24, 2.45) is 0 Å². The van der Waals surface area contributed by atoms with Gasteiger partial charge in [-0.3, -0.25) is 4.79 Å². The first-order valence-corrected chi connectivity index (χ1v) is 8.25. The number of hydrogen-bond acceptors (Lipinski definition) is 4. The van der Waals surface area contributed by atoms with E-state index < -0.39 is 11.5 Å². The Labute approximate surface area is 153 Å². The standard InChI is InChI=1S/C19H16ClFN2O3/c1-10(11-6-8-12(21)9-7-11)22-17-13-4-3-5-14(20)16(13)23-18(24)15(17)19(25)26-2/h3-10H,1-2H3,(H2,22,23,24). The molecule has 2 N–H and O–H groups in total. The van der Waals surface area contributed by atoms with E-state index in [-0.39, 0.29) is 17.4 Å². The number of anilines is 1. The number of nitrogens with one attached hydrogen (secondary N) is 2. The summed E-state index contributed by atoms with van der Waals surface area (Å²) in [4.78, 5) is 27.3. The van der Waals surface area contributed by atoms with Gasteiger partial charge in [0, 0.05) is 11.4 Å². The van der Waals surface area contributed by atoms with Gasteiger partial charge in [0.2, 0.25) is 0 Å². The smallest absolute Gasteiger partial charge is 0.345 e. The summed E-state index contributed by atoms with van der Waals surface area (Å²) in [5.74, 6) is -1.11. The van der Waals surface area contributed by atoms with Crippen LogP contribution in [-0.2, 0) is 4.74 Å². The minimum absolute atomic E-state index is 0.142. The molecule has 0 radical (unpaired) electrons. The van der Waals surface area contributed by atoms with E-state index in [2.05, 4.69) is 10.3 Å². The number of para-hydroxylation sites is 1. The maximum absolute atomic E-state index is 13.2. The van der Waals surface area contributed by atoms with Crippen LogP contribution in [-0.4, -0.2) is 18.1 Å². The zero-order chi connectivity index (χ0) is 18.8. The molecule has 1 atom stereocenters. The van der Waals surface area contributed by atoms with E-state index in [1.165, 1.54) is 19.2 Å². The second-order valence-electron chi connectivity index (χ2n) is 5.78. The largest absolute Gasteiger partial charge is 0.465 e. The van der Waals surface area contributed by atoms with Crippen molar-refractivity contribution < 1.29 is 13.9 Å². The number of esters is 1. The van der Waals surface area contributed by atoms with Crippen LogP contribution in [0, 0.1) is 5.82 Å². The van der Waals surface area contributed by atoms with E-state index in [0.29, 0.717) is 21.6 Å². The number of halogens is 2. The van der Waals surface area contributed by atoms with Crippen molar-refractivity contribution in [3.8, 4) is 0 Å². The van der Waals surface area contributed by atoms with Gasteiger partial charge in [0.15, 0.2) is 0 Å². The molecule has 134 valence electrons. The average molecular weight is 375 g/mol. The number of aromatic amines is 1. The maximum atomic E-state index is 13.2. The molecule has 26 heavy (non-hydrogen) atoms. The van der Waals surface area contributed by atoms with E-state index in [4.69, 9.17) is 16.3 Å². The summed E-state index contributed by atoms with van der Waals surface area (Å²) in [6.07, 6.45) is 0. The number of H-pyrrole nitrogens is 1. The van der Waals surface area contributed by atoms with Gasteiger partial charge in [0.25, 0.3) is 5.56 Å². The quantitative estimate of drug-likeness (QED) is 0.669. The number of pyridine rings is 1. The fourth-order valence-electron chi connectivity index (χ4n) is 2.78. The van der Waals surface area contributed by atoms with Gasteiger partial charge >= 0.3 is 5.97 Å². The van der Waals surface area contributed by atoms with E-state index in [0.717, 1.165) is 5.56 Å². The first kappa shape index (κ1) is 17.9. The van der Waals surface area contributed by atoms with Gasteiger partial charge in [-0.05, 0) is 30.7 Å². The van der Waals surface area contributed by atoms with Gasteiger partial charge in [-0.1, -0.05) is 35.9 Å². The molecule has 0 bridgehead atoms. The summed E-state index contributed by atoms with van der Waals surface area (Å²) in [6, 6.07) is 10.8. The van der Waals surface area contributed by atoms with Gasteiger partial charge in [0.05, 0.1) is 23.3 Å². The highest BCUT2D eigenvalue weighted by Crippen LogP contribution is 2.31. The number of methoxy groups -OCH3 is 1. The normalized spacial score (nSPS) is 12.0. The molecule has 5 nitrogen and oxygen atoms in total. The average Bonchev–Trinajstić information content (AvgIpc) is 2.62. The highest BCUT2D eigenvalue weighted by molar-refractivity contribution is 6.35. The van der Waals surface area contributed by atoms with Crippen molar-refractivity contribution >= 4 is 34.2 Å². The topological polar surface area (TPSA) is 71.2 Å². The number of rotatable bonds is 4. The molecule has 7 heteroatoms. The minimum Gasteiger partial charge on any atom is -0.465 e. The van der Waals surface area contributed by atoms with Crippen molar-refractivity contribution in [3.63, 3.8) is 0 Å². The molecule has 3 aromatic rings. The monoisotopic (exact) mass is 374 g/mol. The first-order chi connectivity index (χ1) is 12.4. The minimum atomic E-state index is -0.762. The molecule has 1 unspecified atom stereocenters. The lowest BCUT2D eigenvalue weighted by molar-refractivity contribution is 0.0600. The van der Waals surface area contributed by atoms with E-state index in [9.17, 15) is 14.0 Å². The number of hydrogen-bond donors (Lipinski definition) is 2. The van der Waals surface area contributed by atoms with Crippen LogP contribution in [0.4, 0.5) is 10.1 Å². The van der Waals surface area contributed by atoms with Crippen molar-refractivity contribution in [2.45, 2.75) is 13.0 Å². The van der Waals surface area contributed by atoms with Crippen LogP contribution in [0.15, 0.2) is 47.3 Å². The van der Waals surface area contributed by atoms with Gasteiger partial charge < -0.3 is 15.0 Å². The summed E-state index contributed by atoms with van der Waals surface area (Å²) in [5.41, 5.74) is 0.774. The van der Waals surface area contributed by atoms with Crippen molar-refractivity contribution in [1.82, 2.24) is 4.98 Å². The maximum Gasteiger partial charge on any atom is 0.345 e. The zero-order valence-electron chi connectivity index (χ0n) is 14.1. The van der Waals surface area contributed by atoms with Gasteiger partial charge in [-0.2, -0.15) is 0 Å². The zero-order valence-corrected chi connectivity index (χ0v) is 14.9. The third-order valence-corrected chi connectivity index (χ3v) is 4.43. The lowest BCUT2D eigenvalue weighted by Gasteiger charge is -2.19. The molecule has 1 aromatic heterocycles. The molecule has 2 aromatic carbocycles. The third kappa shape index (κ3) is 3.28. The second kappa shape index (κ2) is 7.17. The molecule has 0 aliphatic rings. The summed E-state index contributed by atoms with van der Waals surface area (Å²) >= 11 is 6.18. The molecule has 0 amide bonds. The molecule has 0 fully saturated rings. The summed E-state index contributed by atoms with van der Waals surface area (Å²) in [5, 5.41) is 4.10. The number of benzene rings is 2. The molecular weight excluding hydrogens is 359 g/mol. The van der Waals surface area contributed by atoms with Crippen LogP contribution in [0.5, 0.6) is 0 Å². The van der Waals surface area contributed by atoms with Crippen LogP contribution >= 0.6 is 11.6 Å². The summed E-state index contributed by atoms with van der Waals surface area (Å²) in [7, 11) is 1.21. The molecule has 1 heterocycles. The summed E-state index contributed by atoms with van der Waals surface area (Å²) < 4.78 is 17.9. The molecule has 3 rings (SSSR count). The number of ether oxygens (including phenoxy) is 1. The molecular formula is C19H16ClFN2O3. The first-order valence-electron chi connectivity index (χ1n) is 7.87. The van der Waals surface area contributed by atoms with Crippen LogP contribution in [0.25, 0.3) is 10.9 Å². The number of fused-ring (bicyclic) bond motifs is 1. The van der Waals surface area contributed by atoms with E-state index in [1.54, 1.807) is 30.3 Å². The van der Waals surface area contributed by atoms with Gasteiger partial charge in [-0.15, -0.1) is 0 Å². The fourth-order valence-corrected chi connectivity index (χ4v) is 3.00. The fraction of sp³-hybridized carbons (Fsp3) is 0.158. The predicted molar refractivity (Wildman–Crippen MR) is 99.4 cm³/mol. The van der Waals surface area contributed by atoms with Crippen molar-refractivity contribution in [3.05, 3.63) is 74.8 Å². The third-order valence-electron chi connectivity index (χ3n) is 4.12. The van der Waals surface area contributed by atoms with E-state index in [1.807, 2.05) is 6.92 Å². The summed E-state index contributed by atoms with van der Waals surface area (Å²) in [6.45, 7) is 1.84. The molecule has 0 aliphatic carbocycles. The lowest BCUT2D eigenvalue weighted by Crippen LogP contribution is -2.23. The number of aromatic nitrogens is 1. The second-order valence-corrected chi connectivity index (χ2v) is 6.18. The number of carbonyl (C=O) groups excluding carboxylic acids is 1. The Balaban J connectivity index is 2.18. The molecule has 0 saturated carbocycles. The predicted octanol–water partition coefficient (Wildman–Crippen LogP) is 4.28. The van der Waals surface area contributed by atoms with Crippen LogP contribution in [0.1, 0.15) is 28.9 Å². The van der Waals surface area contributed by atoms with Crippen molar-refractivity contribution in [1.29, 1.82) is 0 Å². The Morgan fingerprint density at radius 1 is 1.23 bits per heavy atom. The highest BCUT2D eigenvalue weighted by Gasteiger charge is 2.22. The molecule has 0 spiro atoms. The van der Waals surface area contributed by atoms with Crippen LogP contribution < -0.4 is 10.9 Å². The Bertz CT molecular complexity index is 1030. The highest BCUT2D eigenvalue weighted by atomic mass is 35.5. The molecule has 0 saturated heterocycles. The van der Waals surface area contributed by atoms with Crippen LogP contribution in [0.3, 0.4) is 0 Å². The Hall–Kier alpha value is -2.86. The Morgan fingerprint density at radius 3 is 2.58 bits per heavy atom. The van der Waals surface area contributed by atoms with E-state index >= 15 is 0 Å². The van der Waals surface area contributed by atoms with Gasteiger partial charge in [-0.25, -0.2) is 9.18 Å². The van der Waals surface area contributed by atoms with Crippen LogP contribution in [0.2, 0.25) is 5.02 Å². The van der Waals surface area contributed by atoms with Gasteiger partial charge in [0.1, 0.15) is 11.4 Å². The SMILES string of the molecule is COC(=O)c1c(NC(C)c2ccc(F)cc2)c2cccc(Cl)c2[nH]c1=O. The molecule has 0 aliphatic heterocycles. The van der Waals surface area contributed by atoms with Crippen molar-refractivity contribution in [2.75, 3.05) is 12.4 Å². The number of carbonyl (C=O) groups is 1. The lowest BCUT2D eigenvalue weighted by atomic mass is 10.0. The Kier molecular flexibility index (Phi) is 4.95. The Morgan fingerprint density at radius 2 is 1.92 bits per heavy atom.